The number of primary amides is 1. The van der Waals surface area contributed by atoms with Gasteiger partial charge in [-0.3, -0.25) is 10.2 Å². The van der Waals surface area contributed by atoms with Gasteiger partial charge >= 0.3 is 0 Å². The summed E-state index contributed by atoms with van der Waals surface area (Å²) in [6, 6.07) is 16.2. The summed E-state index contributed by atoms with van der Waals surface area (Å²) in [7, 11) is 1.61. The average Bonchev–Trinajstić information content (AvgIpc) is 3.17. The quantitative estimate of drug-likeness (QED) is 0.660. The number of carbonyl (C=O) groups is 1. The molecule has 27 heavy (non-hydrogen) atoms. The van der Waals surface area contributed by atoms with Crippen LogP contribution in [0.5, 0.6) is 5.75 Å². The molecule has 0 aliphatic carbocycles. The van der Waals surface area contributed by atoms with Crippen molar-refractivity contribution in [1.29, 1.82) is 5.41 Å². The summed E-state index contributed by atoms with van der Waals surface area (Å²) < 4.78 is 10.7. The fourth-order valence-corrected chi connectivity index (χ4v) is 3.17. The highest BCUT2D eigenvalue weighted by atomic mass is 16.5. The normalized spacial score (nSPS) is 15.8. The number of carbonyl (C=O) groups excluding carboxylic acids is 1. The zero-order chi connectivity index (χ0) is 19.0. The van der Waals surface area contributed by atoms with Crippen molar-refractivity contribution in [3.63, 3.8) is 0 Å². The molecular weight excluding hydrogens is 344 g/mol. The third kappa shape index (κ3) is 2.89. The number of furan rings is 1. The molecule has 1 aliphatic heterocycles. The molecule has 1 amide bonds. The monoisotopic (exact) mass is 362 g/mol. The van der Waals surface area contributed by atoms with E-state index in [2.05, 4.69) is 5.32 Å². The first-order valence-electron chi connectivity index (χ1n) is 8.34. The summed E-state index contributed by atoms with van der Waals surface area (Å²) in [6.45, 7) is 0. The molecule has 0 spiro atoms. The highest BCUT2D eigenvalue weighted by molar-refractivity contribution is 6.13. The Morgan fingerprint density at radius 1 is 1.22 bits per heavy atom. The number of anilines is 2. The van der Waals surface area contributed by atoms with E-state index in [9.17, 15) is 4.79 Å². The predicted molar refractivity (Wildman–Crippen MR) is 102 cm³/mol. The molecule has 0 bridgehead atoms. The molecule has 2 aromatic carbocycles. The minimum Gasteiger partial charge on any atom is -0.497 e. The van der Waals surface area contributed by atoms with E-state index in [1.165, 1.54) is 0 Å². The largest absolute Gasteiger partial charge is 0.497 e. The molecular formula is C20H18N4O3. The fraction of sp³-hybridized carbons (Fsp3) is 0.100. The number of methoxy groups -OCH3 is 1. The van der Waals surface area contributed by atoms with Crippen LogP contribution in [0.25, 0.3) is 0 Å². The third-order valence-electron chi connectivity index (χ3n) is 4.52. The summed E-state index contributed by atoms with van der Waals surface area (Å²) in [5, 5.41) is 12.0. The van der Waals surface area contributed by atoms with Gasteiger partial charge in [0.05, 0.1) is 18.9 Å². The molecule has 1 aromatic heterocycles. The first-order chi connectivity index (χ1) is 13.1. The number of hydrogen-bond acceptors (Lipinski definition) is 5. The van der Waals surface area contributed by atoms with Crippen LogP contribution in [0.1, 0.15) is 27.7 Å². The molecule has 1 atom stereocenters. The van der Waals surface area contributed by atoms with Gasteiger partial charge in [-0.15, -0.1) is 0 Å². The molecule has 0 radical (unpaired) electrons. The Kier molecular flexibility index (Phi) is 4.04. The van der Waals surface area contributed by atoms with Gasteiger partial charge in [0.15, 0.2) is 0 Å². The lowest BCUT2D eigenvalue weighted by atomic mass is 10.0. The smallest absolute Gasteiger partial charge is 0.248 e. The van der Waals surface area contributed by atoms with Gasteiger partial charge in [0.1, 0.15) is 17.8 Å². The maximum Gasteiger partial charge on any atom is 0.248 e. The van der Waals surface area contributed by atoms with E-state index in [0.717, 1.165) is 17.0 Å². The van der Waals surface area contributed by atoms with Crippen LogP contribution in [0, 0.1) is 5.41 Å². The third-order valence-corrected chi connectivity index (χ3v) is 4.52. The van der Waals surface area contributed by atoms with Crippen molar-refractivity contribution >= 4 is 23.3 Å². The predicted octanol–water partition coefficient (Wildman–Crippen LogP) is 3.34. The van der Waals surface area contributed by atoms with Crippen LogP contribution in [-0.4, -0.2) is 18.9 Å². The van der Waals surface area contributed by atoms with Gasteiger partial charge < -0.3 is 25.1 Å². The molecule has 4 N–H and O–H groups in total. The molecule has 7 nitrogen and oxygen atoms in total. The van der Waals surface area contributed by atoms with Gasteiger partial charge in [-0.05, 0) is 48.0 Å². The number of ether oxygens (including phenoxy) is 1. The lowest BCUT2D eigenvalue weighted by molar-refractivity contribution is 0.1000. The first-order valence-corrected chi connectivity index (χ1v) is 8.34. The summed E-state index contributed by atoms with van der Waals surface area (Å²) in [5.41, 5.74) is 8.08. The van der Waals surface area contributed by atoms with Crippen molar-refractivity contribution in [2.45, 2.75) is 6.17 Å². The van der Waals surface area contributed by atoms with E-state index in [-0.39, 0.29) is 5.84 Å². The Labute approximate surface area is 155 Å². The molecule has 4 rings (SSSR count). The zero-order valence-corrected chi connectivity index (χ0v) is 14.6. The van der Waals surface area contributed by atoms with Gasteiger partial charge in [0.25, 0.3) is 0 Å². The SMILES string of the molecule is COc1ccc(N2C(=N)c3ccoc3NC2c2cccc(C(N)=O)c2)cc1. The van der Waals surface area contributed by atoms with Crippen molar-refractivity contribution in [2.24, 2.45) is 5.73 Å². The Morgan fingerprint density at radius 3 is 2.70 bits per heavy atom. The van der Waals surface area contributed by atoms with Gasteiger partial charge in [-0.2, -0.15) is 0 Å². The fourth-order valence-electron chi connectivity index (χ4n) is 3.17. The number of rotatable bonds is 4. The van der Waals surface area contributed by atoms with Crippen molar-refractivity contribution in [2.75, 3.05) is 17.3 Å². The Bertz CT molecular complexity index is 1010. The first kappa shape index (κ1) is 16.7. The summed E-state index contributed by atoms with van der Waals surface area (Å²) >= 11 is 0. The number of nitrogens with one attached hydrogen (secondary N) is 2. The van der Waals surface area contributed by atoms with Crippen LogP contribution < -0.4 is 20.7 Å². The van der Waals surface area contributed by atoms with E-state index in [0.29, 0.717) is 17.0 Å². The van der Waals surface area contributed by atoms with Gasteiger partial charge in [0.2, 0.25) is 11.8 Å². The van der Waals surface area contributed by atoms with E-state index >= 15 is 0 Å². The van der Waals surface area contributed by atoms with E-state index in [4.69, 9.17) is 20.3 Å². The van der Waals surface area contributed by atoms with Crippen molar-refractivity contribution in [3.05, 3.63) is 77.6 Å². The number of amides is 1. The molecule has 136 valence electrons. The van der Waals surface area contributed by atoms with Crippen LogP contribution in [0.3, 0.4) is 0 Å². The molecule has 0 saturated carbocycles. The highest BCUT2D eigenvalue weighted by Crippen LogP contribution is 2.37. The zero-order valence-electron chi connectivity index (χ0n) is 14.6. The number of amidine groups is 1. The van der Waals surface area contributed by atoms with Gasteiger partial charge in [-0.1, -0.05) is 12.1 Å². The lowest BCUT2D eigenvalue weighted by Gasteiger charge is -2.38. The van der Waals surface area contributed by atoms with Crippen LogP contribution in [0.15, 0.2) is 65.3 Å². The number of hydrogen-bond donors (Lipinski definition) is 3. The number of nitrogens with zero attached hydrogens (tertiary/aromatic N) is 1. The standard InChI is InChI=1S/C20H18N4O3/c1-26-15-7-5-14(6-8-15)24-17(21)16-9-10-27-20(16)23-19(24)13-4-2-3-12(11-13)18(22)25/h2-11,19,21,23H,1H3,(H2,22,25). The molecule has 0 fully saturated rings. The maximum absolute atomic E-state index is 11.6. The van der Waals surface area contributed by atoms with Crippen LogP contribution in [-0.2, 0) is 0 Å². The molecule has 1 aliphatic rings. The van der Waals surface area contributed by atoms with Crippen LogP contribution >= 0.6 is 0 Å². The molecule has 7 heteroatoms. The Hall–Kier alpha value is -3.74. The summed E-state index contributed by atoms with van der Waals surface area (Å²) in [6.07, 6.45) is 1.10. The minimum atomic E-state index is -0.502. The second-order valence-corrected chi connectivity index (χ2v) is 6.12. The Balaban J connectivity index is 1.82. The van der Waals surface area contributed by atoms with E-state index < -0.39 is 12.1 Å². The van der Waals surface area contributed by atoms with E-state index in [1.807, 2.05) is 35.2 Å². The molecule has 3 aromatic rings. The lowest BCUT2D eigenvalue weighted by Crippen LogP contribution is -2.42. The Morgan fingerprint density at radius 2 is 2.00 bits per heavy atom. The van der Waals surface area contributed by atoms with Crippen molar-refractivity contribution in [1.82, 2.24) is 0 Å². The average molecular weight is 362 g/mol. The number of benzene rings is 2. The maximum atomic E-state index is 11.6. The minimum absolute atomic E-state index is 0.289. The van der Waals surface area contributed by atoms with Crippen molar-refractivity contribution in [3.8, 4) is 5.75 Å². The molecule has 2 heterocycles. The number of nitrogens with two attached hydrogens (primary N) is 1. The van der Waals surface area contributed by atoms with Crippen LogP contribution in [0.4, 0.5) is 11.6 Å². The number of fused-ring (bicyclic) bond motifs is 1. The van der Waals surface area contributed by atoms with Gasteiger partial charge in [-0.25, -0.2) is 0 Å². The molecule has 1 unspecified atom stereocenters. The van der Waals surface area contributed by atoms with Crippen molar-refractivity contribution < 1.29 is 13.9 Å². The molecule has 0 saturated heterocycles. The second kappa shape index (κ2) is 6.53. The van der Waals surface area contributed by atoms with Crippen LogP contribution in [0.2, 0.25) is 0 Å². The second-order valence-electron chi connectivity index (χ2n) is 6.12. The topological polar surface area (TPSA) is 105 Å². The summed E-state index contributed by atoms with van der Waals surface area (Å²) in [4.78, 5) is 13.4. The highest BCUT2D eigenvalue weighted by Gasteiger charge is 2.33. The van der Waals surface area contributed by atoms with Gasteiger partial charge in [0, 0.05) is 11.3 Å². The van der Waals surface area contributed by atoms with E-state index in [1.54, 1.807) is 37.6 Å². The summed E-state index contributed by atoms with van der Waals surface area (Å²) in [5.74, 6) is 1.03.